The molecule has 0 radical (unpaired) electrons. The fourth-order valence-corrected chi connectivity index (χ4v) is 3.98. The summed E-state index contributed by atoms with van der Waals surface area (Å²) in [5, 5.41) is 7.08. The molecule has 130 valence electrons. The average molecular weight is 431 g/mol. The zero-order chi connectivity index (χ0) is 15.5. The van der Waals surface area contributed by atoms with Gasteiger partial charge in [-0.25, -0.2) is 0 Å². The summed E-state index contributed by atoms with van der Waals surface area (Å²) in [4.78, 5) is 6.99. The Kier molecular flexibility index (Phi) is 6.76. The minimum atomic E-state index is 0. The molecule has 0 saturated carbocycles. The molecular weight excluding hydrogens is 401 g/mol. The molecule has 0 aromatic carbocycles. The van der Waals surface area contributed by atoms with Crippen LogP contribution in [0.4, 0.5) is 0 Å². The van der Waals surface area contributed by atoms with E-state index in [1.165, 1.54) is 37.8 Å². The maximum Gasteiger partial charge on any atom is 0.191 e. The van der Waals surface area contributed by atoms with Gasteiger partial charge in [-0.15, -0.1) is 24.0 Å². The second-order valence-corrected chi connectivity index (χ2v) is 6.75. The van der Waals surface area contributed by atoms with E-state index in [9.17, 15) is 0 Å². The first-order chi connectivity index (χ1) is 10.7. The lowest BCUT2D eigenvalue weighted by Gasteiger charge is -2.47. The number of halogens is 1. The largest absolute Gasteiger partial charge is 0.354 e. The monoisotopic (exact) mass is 431 g/mol. The van der Waals surface area contributed by atoms with Gasteiger partial charge in [0.2, 0.25) is 0 Å². The van der Waals surface area contributed by atoms with Crippen LogP contribution < -0.4 is 10.6 Å². The summed E-state index contributed by atoms with van der Waals surface area (Å²) in [6.45, 7) is 0.808. The Bertz CT molecular complexity index is 513. The van der Waals surface area contributed by atoms with Gasteiger partial charge >= 0.3 is 0 Å². The minimum absolute atomic E-state index is 0. The van der Waals surface area contributed by atoms with Gasteiger partial charge in [-0.3, -0.25) is 4.99 Å². The summed E-state index contributed by atoms with van der Waals surface area (Å²) in [6, 6.07) is 6.25. The molecule has 6 heteroatoms. The van der Waals surface area contributed by atoms with Crippen molar-refractivity contribution in [3.8, 4) is 0 Å². The molecule has 2 aliphatic rings. The highest BCUT2D eigenvalue weighted by atomic mass is 127. The Hall–Kier alpha value is -0.760. The molecule has 5 nitrogen and oxygen atoms in total. The van der Waals surface area contributed by atoms with Gasteiger partial charge < -0.3 is 20.1 Å². The first-order valence-electron chi connectivity index (χ1n) is 8.46. The van der Waals surface area contributed by atoms with Gasteiger partial charge in [0.15, 0.2) is 5.96 Å². The molecule has 2 aliphatic heterocycles. The Morgan fingerprint density at radius 3 is 2.52 bits per heavy atom. The molecule has 2 unspecified atom stereocenters. The molecule has 0 aliphatic carbocycles. The van der Waals surface area contributed by atoms with Gasteiger partial charge in [0.1, 0.15) is 0 Å². The molecule has 0 amide bonds. The molecule has 2 fully saturated rings. The SMILES string of the molecule is CN=C(NCc1cccn1C)NC1CC2CCCC(C1)N2C.I. The smallest absolute Gasteiger partial charge is 0.191 e. The van der Waals surface area contributed by atoms with Crippen LogP contribution in [0.3, 0.4) is 0 Å². The fourth-order valence-electron chi connectivity index (χ4n) is 3.98. The van der Waals surface area contributed by atoms with E-state index in [2.05, 4.69) is 57.5 Å². The quantitative estimate of drug-likeness (QED) is 0.439. The van der Waals surface area contributed by atoms with E-state index >= 15 is 0 Å². The Morgan fingerprint density at radius 2 is 1.96 bits per heavy atom. The molecule has 3 heterocycles. The first kappa shape index (κ1) is 18.6. The van der Waals surface area contributed by atoms with Crippen molar-refractivity contribution in [3.63, 3.8) is 0 Å². The van der Waals surface area contributed by atoms with E-state index in [1.54, 1.807) is 0 Å². The van der Waals surface area contributed by atoms with E-state index < -0.39 is 0 Å². The summed E-state index contributed by atoms with van der Waals surface area (Å²) in [6.07, 6.45) is 8.63. The number of hydrogen-bond donors (Lipinski definition) is 2. The van der Waals surface area contributed by atoms with Crippen molar-refractivity contribution in [2.75, 3.05) is 14.1 Å². The molecule has 3 rings (SSSR count). The number of hydrogen-bond acceptors (Lipinski definition) is 2. The molecule has 23 heavy (non-hydrogen) atoms. The van der Waals surface area contributed by atoms with E-state index in [1.807, 2.05) is 7.05 Å². The number of fused-ring (bicyclic) bond motifs is 2. The molecule has 2 bridgehead atoms. The lowest BCUT2D eigenvalue weighted by atomic mass is 9.82. The highest BCUT2D eigenvalue weighted by Crippen LogP contribution is 2.32. The molecule has 0 spiro atoms. The Labute approximate surface area is 156 Å². The number of rotatable bonds is 3. The Morgan fingerprint density at radius 1 is 1.26 bits per heavy atom. The van der Waals surface area contributed by atoms with Crippen molar-refractivity contribution in [3.05, 3.63) is 24.0 Å². The first-order valence-corrected chi connectivity index (χ1v) is 8.46. The third-order valence-corrected chi connectivity index (χ3v) is 5.39. The van der Waals surface area contributed by atoms with Crippen LogP contribution in [0.25, 0.3) is 0 Å². The van der Waals surface area contributed by atoms with Gasteiger partial charge in [0.05, 0.1) is 6.54 Å². The maximum absolute atomic E-state index is 4.40. The summed E-state index contributed by atoms with van der Waals surface area (Å²) in [5.74, 6) is 0.925. The van der Waals surface area contributed by atoms with Gasteiger partial charge in [0.25, 0.3) is 0 Å². The van der Waals surface area contributed by atoms with Crippen LogP contribution in [-0.4, -0.2) is 47.6 Å². The summed E-state index contributed by atoms with van der Waals surface area (Å²) in [5.41, 5.74) is 1.27. The molecule has 1 aromatic rings. The predicted octanol–water partition coefficient (Wildman–Crippen LogP) is 2.32. The number of nitrogens with one attached hydrogen (secondary N) is 2. The maximum atomic E-state index is 4.40. The average Bonchev–Trinajstić information content (AvgIpc) is 2.89. The van der Waals surface area contributed by atoms with Crippen molar-refractivity contribution < 1.29 is 0 Å². The highest BCUT2D eigenvalue weighted by molar-refractivity contribution is 14.0. The summed E-state index contributed by atoms with van der Waals surface area (Å²) < 4.78 is 2.14. The van der Waals surface area contributed by atoms with E-state index in [0.717, 1.165) is 24.6 Å². The van der Waals surface area contributed by atoms with Crippen molar-refractivity contribution in [1.29, 1.82) is 0 Å². The van der Waals surface area contributed by atoms with Gasteiger partial charge in [-0.2, -0.15) is 0 Å². The summed E-state index contributed by atoms with van der Waals surface area (Å²) >= 11 is 0. The van der Waals surface area contributed by atoms with Crippen LogP contribution in [0.15, 0.2) is 23.3 Å². The number of aromatic nitrogens is 1. The van der Waals surface area contributed by atoms with E-state index in [0.29, 0.717) is 6.04 Å². The second-order valence-electron chi connectivity index (χ2n) is 6.75. The second kappa shape index (κ2) is 8.37. The number of piperidine rings is 2. The van der Waals surface area contributed by atoms with Gasteiger partial charge in [-0.05, 0) is 44.9 Å². The van der Waals surface area contributed by atoms with Crippen molar-refractivity contribution in [2.45, 2.75) is 56.8 Å². The van der Waals surface area contributed by atoms with Crippen LogP contribution in [-0.2, 0) is 13.6 Å². The third-order valence-electron chi connectivity index (χ3n) is 5.39. The number of nitrogens with zero attached hydrogens (tertiary/aromatic N) is 3. The van der Waals surface area contributed by atoms with Crippen LogP contribution in [0.5, 0.6) is 0 Å². The normalized spacial score (nSPS) is 28.1. The molecule has 1 aromatic heterocycles. The van der Waals surface area contributed by atoms with Gasteiger partial charge in [0, 0.05) is 44.1 Å². The summed E-state index contributed by atoms with van der Waals surface area (Å²) in [7, 11) is 6.23. The Balaban J connectivity index is 0.00000192. The molecule has 2 saturated heterocycles. The van der Waals surface area contributed by atoms with E-state index in [-0.39, 0.29) is 24.0 Å². The highest BCUT2D eigenvalue weighted by Gasteiger charge is 2.36. The molecule has 2 N–H and O–H groups in total. The van der Waals surface area contributed by atoms with E-state index in [4.69, 9.17) is 0 Å². The van der Waals surface area contributed by atoms with Crippen LogP contribution in [0.1, 0.15) is 37.8 Å². The lowest BCUT2D eigenvalue weighted by molar-refractivity contribution is 0.0526. The number of aryl methyl sites for hydroxylation is 1. The van der Waals surface area contributed by atoms with Crippen LogP contribution in [0.2, 0.25) is 0 Å². The molecule has 2 atom stereocenters. The van der Waals surface area contributed by atoms with Crippen LogP contribution in [0, 0.1) is 0 Å². The third kappa shape index (κ3) is 4.41. The molecular formula is C17H30IN5. The fraction of sp³-hybridized carbons (Fsp3) is 0.706. The van der Waals surface area contributed by atoms with Gasteiger partial charge in [-0.1, -0.05) is 6.42 Å². The topological polar surface area (TPSA) is 44.6 Å². The van der Waals surface area contributed by atoms with Crippen molar-refractivity contribution in [1.82, 2.24) is 20.1 Å². The minimum Gasteiger partial charge on any atom is -0.354 e. The predicted molar refractivity (Wildman–Crippen MR) is 106 cm³/mol. The zero-order valence-electron chi connectivity index (χ0n) is 14.5. The number of aliphatic imine (C=N–C) groups is 1. The van der Waals surface area contributed by atoms with Crippen LogP contribution >= 0.6 is 24.0 Å². The standard InChI is InChI=1S/C17H29N5.HI/c1-18-17(19-12-16-8-5-9-21(16)2)20-13-10-14-6-4-7-15(11-13)22(14)3;/h5,8-9,13-15H,4,6-7,10-12H2,1-3H3,(H2,18,19,20);1H. The van der Waals surface area contributed by atoms with Crippen molar-refractivity contribution >= 4 is 29.9 Å². The number of guanidine groups is 1. The van der Waals surface area contributed by atoms with Crippen molar-refractivity contribution in [2.24, 2.45) is 12.0 Å². The zero-order valence-corrected chi connectivity index (χ0v) is 16.8. The lowest BCUT2D eigenvalue weighted by Crippen LogP contribution is -2.56.